The SMILES string of the molecule is COC1=CC([C@H]2OCC(Cc3ccc(-c4ccccc4)cc3)[C@@H]2CO)CC(OC)=C1OC. The first-order chi connectivity index (χ1) is 15.7. The summed E-state index contributed by atoms with van der Waals surface area (Å²) in [5.41, 5.74) is 3.68. The lowest BCUT2D eigenvalue weighted by molar-refractivity contribution is 0.0320. The molecule has 1 saturated heterocycles. The van der Waals surface area contributed by atoms with Crippen molar-refractivity contribution in [3.63, 3.8) is 0 Å². The van der Waals surface area contributed by atoms with Crippen molar-refractivity contribution in [3.8, 4) is 11.1 Å². The number of benzene rings is 2. The van der Waals surface area contributed by atoms with Gasteiger partial charge in [0.2, 0.25) is 0 Å². The molecule has 4 rings (SSSR count). The van der Waals surface area contributed by atoms with E-state index in [1.165, 1.54) is 16.7 Å². The predicted octanol–water partition coefficient (Wildman–Crippen LogP) is 4.57. The highest BCUT2D eigenvalue weighted by atomic mass is 16.5. The first-order valence-corrected chi connectivity index (χ1v) is 11.1. The molecule has 170 valence electrons. The Hall–Kier alpha value is -2.76. The first kappa shape index (κ1) is 22.4. The van der Waals surface area contributed by atoms with Gasteiger partial charge in [0.05, 0.1) is 34.0 Å². The molecule has 1 fully saturated rings. The number of hydrogen-bond acceptors (Lipinski definition) is 5. The third kappa shape index (κ3) is 4.54. The molecular formula is C27H32O5. The molecule has 1 aliphatic carbocycles. The molecule has 5 nitrogen and oxygen atoms in total. The average molecular weight is 437 g/mol. The maximum atomic E-state index is 10.3. The zero-order valence-corrected chi connectivity index (χ0v) is 19.0. The number of methoxy groups -OCH3 is 3. The Morgan fingerprint density at radius 2 is 1.62 bits per heavy atom. The number of rotatable bonds is 8. The fraction of sp³-hybridized carbons (Fsp3) is 0.407. The van der Waals surface area contributed by atoms with Crippen LogP contribution in [0.4, 0.5) is 0 Å². The zero-order chi connectivity index (χ0) is 22.5. The largest absolute Gasteiger partial charge is 0.497 e. The second kappa shape index (κ2) is 10.2. The van der Waals surface area contributed by atoms with Gasteiger partial charge in [0.1, 0.15) is 5.76 Å². The van der Waals surface area contributed by atoms with Crippen LogP contribution in [0.15, 0.2) is 78.0 Å². The van der Waals surface area contributed by atoms with Crippen LogP contribution in [0.5, 0.6) is 0 Å². The highest BCUT2D eigenvalue weighted by Crippen LogP contribution is 2.40. The molecule has 0 bridgehead atoms. The zero-order valence-electron chi connectivity index (χ0n) is 19.0. The molecule has 4 atom stereocenters. The predicted molar refractivity (Wildman–Crippen MR) is 124 cm³/mol. The number of aliphatic hydroxyl groups excluding tert-OH is 1. The Morgan fingerprint density at radius 1 is 0.906 bits per heavy atom. The van der Waals surface area contributed by atoms with Crippen LogP contribution < -0.4 is 0 Å². The van der Waals surface area contributed by atoms with E-state index >= 15 is 0 Å². The van der Waals surface area contributed by atoms with Crippen molar-refractivity contribution >= 4 is 0 Å². The van der Waals surface area contributed by atoms with Gasteiger partial charge in [-0.25, -0.2) is 0 Å². The van der Waals surface area contributed by atoms with Crippen molar-refractivity contribution in [2.75, 3.05) is 34.5 Å². The van der Waals surface area contributed by atoms with E-state index < -0.39 is 0 Å². The van der Waals surface area contributed by atoms with E-state index in [-0.39, 0.29) is 30.5 Å². The Morgan fingerprint density at radius 3 is 2.25 bits per heavy atom. The van der Waals surface area contributed by atoms with E-state index in [2.05, 4.69) is 48.5 Å². The molecule has 1 N–H and O–H groups in total. The summed E-state index contributed by atoms with van der Waals surface area (Å²) in [5.74, 6) is 2.38. The number of ether oxygens (including phenoxy) is 4. The number of aliphatic hydroxyl groups is 1. The third-order valence-electron chi connectivity index (χ3n) is 6.66. The van der Waals surface area contributed by atoms with E-state index in [1.807, 2.05) is 12.1 Å². The molecule has 0 saturated carbocycles. The minimum Gasteiger partial charge on any atom is -0.497 e. The molecule has 0 amide bonds. The summed E-state index contributed by atoms with van der Waals surface area (Å²) in [7, 11) is 4.88. The normalized spacial score (nSPS) is 25.4. The quantitative estimate of drug-likeness (QED) is 0.657. The Labute approximate surface area is 190 Å². The second-order valence-corrected chi connectivity index (χ2v) is 8.44. The second-order valence-electron chi connectivity index (χ2n) is 8.44. The molecule has 1 heterocycles. The van der Waals surface area contributed by atoms with Gasteiger partial charge in [-0.15, -0.1) is 0 Å². The smallest absolute Gasteiger partial charge is 0.198 e. The Balaban J connectivity index is 1.47. The van der Waals surface area contributed by atoms with Gasteiger partial charge in [0, 0.05) is 24.9 Å². The first-order valence-electron chi connectivity index (χ1n) is 11.1. The fourth-order valence-corrected chi connectivity index (χ4v) is 4.96. The fourth-order valence-electron chi connectivity index (χ4n) is 4.96. The van der Waals surface area contributed by atoms with Gasteiger partial charge in [-0.05, 0) is 35.1 Å². The van der Waals surface area contributed by atoms with Crippen LogP contribution in [0.3, 0.4) is 0 Å². The molecule has 2 unspecified atom stereocenters. The van der Waals surface area contributed by atoms with Crippen LogP contribution >= 0.6 is 0 Å². The lowest BCUT2D eigenvalue weighted by atomic mass is 9.79. The molecule has 2 aromatic carbocycles. The molecule has 2 aromatic rings. The van der Waals surface area contributed by atoms with E-state index in [0.29, 0.717) is 24.5 Å². The maximum absolute atomic E-state index is 10.3. The van der Waals surface area contributed by atoms with Crippen LogP contribution in [0.2, 0.25) is 0 Å². The topological polar surface area (TPSA) is 57.2 Å². The minimum absolute atomic E-state index is 0.0466. The summed E-state index contributed by atoms with van der Waals surface area (Å²) >= 11 is 0. The molecular weight excluding hydrogens is 404 g/mol. The van der Waals surface area contributed by atoms with Gasteiger partial charge in [0.25, 0.3) is 0 Å². The van der Waals surface area contributed by atoms with Crippen molar-refractivity contribution in [2.45, 2.75) is 18.9 Å². The van der Waals surface area contributed by atoms with Crippen molar-refractivity contribution in [1.82, 2.24) is 0 Å². The molecule has 2 aliphatic rings. The molecule has 0 aromatic heterocycles. The highest BCUT2D eigenvalue weighted by molar-refractivity contribution is 5.63. The summed E-state index contributed by atoms with van der Waals surface area (Å²) in [6.45, 7) is 0.722. The van der Waals surface area contributed by atoms with E-state index in [1.54, 1.807) is 21.3 Å². The van der Waals surface area contributed by atoms with Crippen LogP contribution in [0.25, 0.3) is 11.1 Å². The van der Waals surface area contributed by atoms with Crippen LogP contribution in [0.1, 0.15) is 12.0 Å². The molecule has 0 spiro atoms. The van der Waals surface area contributed by atoms with Gasteiger partial charge >= 0.3 is 0 Å². The highest BCUT2D eigenvalue weighted by Gasteiger charge is 2.42. The maximum Gasteiger partial charge on any atom is 0.198 e. The summed E-state index contributed by atoms with van der Waals surface area (Å²) in [6.07, 6.45) is 3.49. The molecule has 32 heavy (non-hydrogen) atoms. The Bertz CT molecular complexity index is 948. The standard InChI is InChI=1S/C27H32O5/c1-29-24-14-21(15-25(30-2)27(24)31-3)26-23(16-28)22(17-32-26)13-18-9-11-20(12-10-18)19-7-5-4-6-8-19/h4-12,14,21-23,26,28H,13,15-17H2,1-3H3/t21?,22?,23-,26+/m0/s1. The third-order valence-corrected chi connectivity index (χ3v) is 6.66. The summed E-state index contributed by atoms with van der Waals surface area (Å²) < 4.78 is 22.8. The van der Waals surface area contributed by atoms with Crippen LogP contribution in [-0.4, -0.2) is 45.8 Å². The monoisotopic (exact) mass is 436 g/mol. The van der Waals surface area contributed by atoms with Crippen molar-refractivity contribution in [1.29, 1.82) is 0 Å². The Kier molecular flexibility index (Phi) is 7.18. The van der Waals surface area contributed by atoms with Gasteiger partial charge in [-0.2, -0.15) is 0 Å². The summed E-state index contributed by atoms with van der Waals surface area (Å²) in [5, 5.41) is 10.3. The van der Waals surface area contributed by atoms with Gasteiger partial charge < -0.3 is 24.1 Å². The van der Waals surface area contributed by atoms with Crippen molar-refractivity contribution in [3.05, 3.63) is 83.5 Å². The van der Waals surface area contributed by atoms with Gasteiger partial charge in [0.15, 0.2) is 11.5 Å². The minimum atomic E-state index is -0.0951. The van der Waals surface area contributed by atoms with Crippen molar-refractivity contribution in [2.24, 2.45) is 17.8 Å². The van der Waals surface area contributed by atoms with Crippen LogP contribution in [-0.2, 0) is 25.4 Å². The lowest BCUT2D eigenvalue weighted by Gasteiger charge is -2.30. The number of hydrogen-bond donors (Lipinski definition) is 1. The van der Waals surface area contributed by atoms with Gasteiger partial charge in [-0.1, -0.05) is 54.6 Å². The average Bonchev–Trinajstić information content (AvgIpc) is 3.26. The molecule has 0 radical (unpaired) electrons. The van der Waals surface area contributed by atoms with Crippen molar-refractivity contribution < 1.29 is 24.1 Å². The molecule has 5 heteroatoms. The summed E-state index contributed by atoms with van der Waals surface area (Å²) in [4.78, 5) is 0. The van der Waals surface area contributed by atoms with Gasteiger partial charge in [-0.3, -0.25) is 0 Å². The van der Waals surface area contributed by atoms with Crippen LogP contribution in [0, 0.1) is 17.8 Å². The number of allylic oxidation sites excluding steroid dienone is 1. The van der Waals surface area contributed by atoms with E-state index in [9.17, 15) is 5.11 Å². The lowest BCUT2D eigenvalue weighted by Crippen LogP contribution is -2.33. The van der Waals surface area contributed by atoms with E-state index in [0.717, 1.165) is 12.2 Å². The van der Waals surface area contributed by atoms with E-state index in [4.69, 9.17) is 18.9 Å². The summed E-state index contributed by atoms with van der Waals surface area (Å²) in [6, 6.07) is 19.1. The molecule has 1 aliphatic heterocycles.